The van der Waals surface area contributed by atoms with Crippen molar-refractivity contribution in [1.29, 1.82) is 0 Å². The minimum Gasteiger partial charge on any atom is -0.368 e. The second-order valence-electron chi connectivity index (χ2n) is 3.77. The Morgan fingerprint density at radius 2 is 2.06 bits per heavy atom. The van der Waals surface area contributed by atoms with Crippen molar-refractivity contribution in [2.45, 2.75) is 19.4 Å². The highest BCUT2D eigenvalue weighted by molar-refractivity contribution is 9.10. The number of halogens is 3. The maximum Gasteiger partial charge on any atom is 0.255 e. The van der Waals surface area contributed by atoms with Crippen LogP contribution in [0.1, 0.15) is 18.5 Å². The van der Waals surface area contributed by atoms with Gasteiger partial charge < -0.3 is 10.6 Å². The van der Waals surface area contributed by atoms with Crippen LogP contribution in [0.15, 0.2) is 22.7 Å². The van der Waals surface area contributed by atoms with Crippen molar-refractivity contribution in [3.8, 4) is 0 Å². The van der Waals surface area contributed by atoms with Crippen LogP contribution in [-0.4, -0.2) is 20.0 Å². The van der Waals surface area contributed by atoms with Crippen molar-refractivity contribution in [1.82, 2.24) is 0 Å². The summed E-state index contributed by atoms with van der Waals surface area (Å²) in [5.41, 5.74) is 7.45. The highest BCUT2D eigenvalue weighted by Crippen LogP contribution is 2.28. The maximum absolute atomic E-state index is 12.2. The Bertz CT molecular complexity index is 356. The summed E-state index contributed by atoms with van der Waals surface area (Å²) in [4.78, 5) is 1.51. The molecule has 0 aliphatic carbocycles. The maximum atomic E-state index is 12.2. The van der Waals surface area contributed by atoms with Crippen LogP contribution in [0, 0.1) is 0 Å². The minimum absolute atomic E-state index is 0.0641. The van der Waals surface area contributed by atoms with Gasteiger partial charge in [0, 0.05) is 17.6 Å². The van der Waals surface area contributed by atoms with Crippen molar-refractivity contribution >= 4 is 21.6 Å². The van der Waals surface area contributed by atoms with Gasteiger partial charge in [0.15, 0.2) is 0 Å². The van der Waals surface area contributed by atoms with Crippen molar-refractivity contribution in [2.24, 2.45) is 5.73 Å². The monoisotopic (exact) mass is 292 g/mol. The molecular weight excluding hydrogens is 278 g/mol. The Balaban J connectivity index is 2.90. The number of anilines is 1. The Morgan fingerprint density at radius 1 is 1.44 bits per heavy atom. The molecule has 0 saturated carbocycles. The van der Waals surface area contributed by atoms with Gasteiger partial charge in [0.05, 0.1) is 12.2 Å². The van der Waals surface area contributed by atoms with E-state index in [-0.39, 0.29) is 12.6 Å². The zero-order valence-corrected chi connectivity index (χ0v) is 10.8. The number of nitrogens with zero attached hydrogens (tertiary/aromatic N) is 1. The van der Waals surface area contributed by atoms with Crippen LogP contribution < -0.4 is 10.6 Å². The van der Waals surface area contributed by atoms with Gasteiger partial charge in [-0.2, -0.15) is 0 Å². The van der Waals surface area contributed by atoms with Gasteiger partial charge in [-0.1, -0.05) is 6.07 Å². The summed E-state index contributed by atoms with van der Waals surface area (Å²) in [7, 11) is 1.64. The fourth-order valence-electron chi connectivity index (χ4n) is 1.42. The highest BCUT2D eigenvalue weighted by Gasteiger charge is 2.12. The zero-order chi connectivity index (χ0) is 12.3. The lowest BCUT2D eigenvalue weighted by Gasteiger charge is -2.21. The normalized spacial score (nSPS) is 12.9. The molecule has 0 saturated heterocycles. The smallest absolute Gasteiger partial charge is 0.255 e. The number of rotatable bonds is 4. The lowest BCUT2D eigenvalue weighted by atomic mass is 10.1. The molecule has 1 aromatic carbocycles. The molecule has 2 nitrogen and oxygen atoms in total. The van der Waals surface area contributed by atoms with Gasteiger partial charge in [-0.15, -0.1) is 0 Å². The lowest BCUT2D eigenvalue weighted by Crippen LogP contribution is -2.24. The molecule has 0 spiro atoms. The SMILES string of the molecule is CC(N)c1ccc(N(C)CC(F)F)c(Br)c1. The Labute approximate surface area is 103 Å². The molecule has 16 heavy (non-hydrogen) atoms. The van der Waals surface area contributed by atoms with E-state index in [1.807, 2.05) is 19.1 Å². The fraction of sp³-hybridized carbons (Fsp3) is 0.455. The predicted molar refractivity (Wildman–Crippen MR) is 66.0 cm³/mol. The average molecular weight is 293 g/mol. The molecular formula is C11H15BrF2N2. The third-order valence-electron chi connectivity index (χ3n) is 2.32. The molecule has 5 heteroatoms. The molecule has 0 aliphatic heterocycles. The van der Waals surface area contributed by atoms with E-state index in [1.165, 1.54) is 4.90 Å². The molecule has 1 unspecified atom stereocenters. The summed E-state index contributed by atoms with van der Waals surface area (Å²) >= 11 is 3.36. The summed E-state index contributed by atoms with van der Waals surface area (Å²) in [5, 5.41) is 0. The third-order valence-corrected chi connectivity index (χ3v) is 2.96. The van der Waals surface area contributed by atoms with Gasteiger partial charge in [0.25, 0.3) is 6.43 Å². The molecule has 0 radical (unpaired) electrons. The molecule has 1 atom stereocenters. The van der Waals surface area contributed by atoms with Crippen molar-refractivity contribution in [3.63, 3.8) is 0 Å². The van der Waals surface area contributed by atoms with Gasteiger partial charge in [-0.3, -0.25) is 0 Å². The van der Waals surface area contributed by atoms with Gasteiger partial charge in [0.2, 0.25) is 0 Å². The minimum atomic E-state index is -2.34. The predicted octanol–water partition coefficient (Wildman–Crippen LogP) is 3.17. The van der Waals surface area contributed by atoms with Gasteiger partial charge in [0.1, 0.15) is 0 Å². The largest absolute Gasteiger partial charge is 0.368 e. The molecule has 1 aromatic rings. The first kappa shape index (κ1) is 13.4. The summed E-state index contributed by atoms with van der Waals surface area (Å²) in [5.74, 6) is 0. The summed E-state index contributed by atoms with van der Waals surface area (Å²) < 4.78 is 25.2. The Morgan fingerprint density at radius 3 is 2.50 bits per heavy atom. The van der Waals surface area contributed by atoms with Crippen molar-refractivity contribution in [3.05, 3.63) is 28.2 Å². The van der Waals surface area contributed by atoms with Crippen molar-refractivity contribution < 1.29 is 8.78 Å². The van der Waals surface area contributed by atoms with Gasteiger partial charge in [-0.25, -0.2) is 8.78 Å². The quantitative estimate of drug-likeness (QED) is 0.924. The first-order valence-electron chi connectivity index (χ1n) is 4.96. The van der Waals surface area contributed by atoms with E-state index in [9.17, 15) is 8.78 Å². The van der Waals surface area contributed by atoms with Gasteiger partial charge in [-0.05, 0) is 40.5 Å². The fourth-order valence-corrected chi connectivity index (χ4v) is 2.12. The second kappa shape index (κ2) is 5.59. The number of hydrogen-bond donors (Lipinski definition) is 1. The van der Waals surface area contributed by atoms with Crippen LogP contribution in [0.3, 0.4) is 0 Å². The topological polar surface area (TPSA) is 29.3 Å². The van der Waals surface area contributed by atoms with E-state index in [0.717, 1.165) is 15.7 Å². The highest BCUT2D eigenvalue weighted by atomic mass is 79.9. The molecule has 0 bridgehead atoms. The van der Waals surface area contributed by atoms with E-state index in [0.29, 0.717) is 0 Å². The van der Waals surface area contributed by atoms with Crippen LogP contribution >= 0.6 is 15.9 Å². The number of benzene rings is 1. The number of nitrogens with two attached hydrogens (primary N) is 1. The molecule has 0 amide bonds. The first-order valence-corrected chi connectivity index (χ1v) is 5.75. The lowest BCUT2D eigenvalue weighted by molar-refractivity contribution is 0.156. The molecule has 0 aromatic heterocycles. The van der Waals surface area contributed by atoms with Crippen LogP contribution in [0.25, 0.3) is 0 Å². The Hall–Kier alpha value is -0.680. The summed E-state index contributed by atoms with van der Waals surface area (Å²) in [6.07, 6.45) is -2.34. The van der Waals surface area contributed by atoms with E-state index >= 15 is 0 Å². The number of alkyl halides is 2. The van der Waals surface area contributed by atoms with E-state index in [2.05, 4.69) is 15.9 Å². The van der Waals surface area contributed by atoms with E-state index in [1.54, 1.807) is 13.1 Å². The van der Waals surface area contributed by atoms with Crippen LogP contribution in [0.2, 0.25) is 0 Å². The molecule has 1 rings (SSSR count). The van der Waals surface area contributed by atoms with Crippen LogP contribution in [0.4, 0.5) is 14.5 Å². The Kier molecular flexibility index (Phi) is 4.68. The third kappa shape index (κ3) is 3.42. The van der Waals surface area contributed by atoms with E-state index in [4.69, 9.17) is 5.73 Å². The molecule has 90 valence electrons. The van der Waals surface area contributed by atoms with Crippen molar-refractivity contribution in [2.75, 3.05) is 18.5 Å². The number of hydrogen-bond acceptors (Lipinski definition) is 2. The van der Waals surface area contributed by atoms with Crippen LogP contribution in [0.5, 0.6) is 0 Å². The first-order chi connectivity index (χ1) is 7.41. The second-order valence-corrected chi connectivity index (χ2v) is 4.63. The molecule has 0 heterocycles. The summed E-state index contributed by atoms with van der Waals surface area (Å²) in [6, 6.07) is 5.45. The average Bonchev–Trinajstić information content (AvgIpc) is 2.15. The van der Waals surface area contributed by atoms with Crippen LogP contribution in [-0.2, 0) is 0 Å². The molecule has 2 N–H and O–H groups in total. The molecule has 0 fully saturated rings. The van der Waals surface area contributed by atoms with E-state index < -0.39 is 6.43 Å². The van der Waals surface area contributed by atoms with Gasteiger partial charge >= 0.3 is 0 Å². The molecule has 0 aliphatic rings. The zero-order valence-electron chi connectivity index (χ0n) is 9.25. The standard InChI is InChI=1S/C11H15BrF2N2/c1-7(15)8-3-4-10(9(12)5-8)16(2)6-11(13)14/h3-5,7,11H,6,15H2,1-2H3. The summed E-state index contributed by atoms with van der Waals surface area (Å²) in [6.45, 7) is 1.60.